The zero-order valence-corrected chi connectivity index (χ0v) is 12.2. The first kappa shape index (κ1) is 17.2. The third-order valence-corrected chi connectivity index (χ3v) is 3.31. The molecule has 0 aromatic rings. The van der Waals surface area contributed by atoms with E-state index in [0.717, 1.165) is 19.4 Å². The highest BCUT2D eigenvalue weighted by atomic mass is 16.5. The van der Waals surface area contributed by atoms with Crippen LogP contribution in [0.25, 0.3) is 0 Å². The van der Waals surface area contributed by atoms with Crippen LogP contribution in [0.5, 0.6) is 0 Å². The second-order valence-corrected chi connectivity index (χ2v) is 5.50. The molecular formula is C14H30N2O2. The molecule has 0 bridgehead atoms. The molecule has 0 saturated heterocycles. The zero-order valence-electron chi connectivity index (χ0n) is 12.2. The second-order valence-electron chi connectivity index (χ2n) is 5.50. The van der Waals surface area contributed by atoms with E-state index in [0.29, 0.717) is 6.61 Å². The molecule has 0 heterocycles. The van der Waals surface area contributed by atoms with Crippen molar-refractivity contribution in [1.82, 2.24) is 0 Å². The van der Waals surface area contributed by atoms with Gasteiger partial charge in [0.2, 0.25) is 0 Å². The smallest absolute Gasteiger partial charge is 0.144 e. The fourth-order valence-corrected chi connectivity index (χ4v) is 1.68. The molecule has 0 unspecified atom stereocenters. The number of amidine groups is 1. The molecule has 0 atom stereocenters. The number of oxime groups is 1. The minimum Gasteiger partial charge on any atom is -0.409 e. The summed E-state index contributed by atoms with van der Waals surface area (Å²) in [4.78, 5) is 0. The summed E-state index contributed by atoms with van der Waals surface area (Å²) in [5, 5.41) is 11.7. The molecule has 4 heteroatoms. The van der Waals surface area contributed by atoms with Crippen molar-refractivity contribution in [2.45, 2.75) is 65.7 Å². The number of hydrogen-bond donors (Lipinski definition) is 2. The van der Waals surface area contributed by atoms with Gasteiger partial charge in [0, 0.05) is 18.6 Å². The van der Waals surface area contributed by atoms with E-state index in [2.05, 4.69) is 12.1 Å². The first-order valence-corrected chi connectivity index (χ1v) is 7.10. The minimum absolute atomic E-state index is 0.269. The van der Waals surface area contributed by atoms with Crippen molar-refractivity contribution in [3.05, 3.63) is 0 Å². The minimum atomic E-state index is -0.296. The predicted molar refractivity (Wildman–Crippen MR) is 76.0 cm³/mol. The quantitative estimate of drug-likeness (QED) is 0.196. The van der Waals surface area contributed by atoms with Gasteiger partial charge in [-0.25, -0.2) is 0 Å². The molecule has 0 aliphatic rings. The Morgan fingerprint density at radius 2 is 1.72 bits per heavy atom. The molecule has 0 aromatic carbocycles. The van der Waals surface area contributed by atoms with Gasteiger partial charge in [0.05, 0.1) is 0 Å². The summed E-state index contributed by atoms with van der Waals surface area (Å²) in [5.74, 6) is 0.269. The molecule has 0 amide bonds. The molecule has 3 N–H and O–H groups in total. The Balaban J connectivity index is 3.40. The van der Waals surface area contributed by atoms with Crippen LogP contribution in [0.3, 0.4) is 0 Å². The van der Waals surface area contributed by atoms with Crippen LogP contribution >= 0.6 is 0 Å². The average molecular weight is 258 g/mol. The lowest BCUT2D eigenvalue weighted by molar-refractivity contribution is 0.112. The maximum atomic E-state index is 8.64. The van der Waals surface area contributed by atoms with Crippen molar-refractivity contribution in [2.75, 3.05) is 13.2 Å². The van der Waals surface area contributed by atoms with Crippen LogP contribution in [0, 0.1) is 5.41 Å². The highest BCUT2D eigenvalue weighted by Crippen LogP contribution is 2.20. The van der Waals surface area contributed by atoms with Gasteiger partial charge < -0.3 is 15.7 Å². The second kappa shape index (κ2) is 10.2. The lowest BCUT2D eigenvalue weighted by Crippen LogP contribution is -2.33. The predicted octanol–water partition coefficient (Wildman–Crippen LogP) is 3.53. The summed E-state index contributed by atoms with van der Waals surface area (Å²) in [6.45, 7) is 7.62. The Morgan fingerprint density at radius 3 is 2.33 bits per heavy atom. The summed E-state index contributed by atoms with van der Waals surface area (Å²) >= 11 is 0. The third-order valence-electron chi connectivity index (χ3n) is 3.31. The zero-order chi connectivity index (χ0) is 13.9. The first-order chi connectivity index (χ1) is 8.54. The van der Waals surface area contributed by atoms with E-state index in [1.165, 1.54) is 32.1 Å². The molecule has 18 heavy (non-hydrogen) atoms. The summed E-state index contributed by atoms with van der Waals surface area (Å²) in [6.07, 6.45) is 8.45. The van der Waals surface area contributed by atoms with Crippen LogP contribution in [0.15, 0.2) is 5.16 Å². The van der Waals surface area contributed by atoms with Crippen molar-refractivity contribution in [3.8, 4) is 0 Å². The number of unbranched alkanes of at least 4 members (excludes halogenated alkanes) is 5. The van der Waals surface area contributed by atoms with Crippen molar-refractivity contribution in [3.63, 3.8) is 0 Å². The van der Waals surface area contributed by atoms with E-state index in [1.54, 1.807) is 0 Å². The van der Waals surface area contributed by atoms with E-state index >= 15 is 0 Å². The topological polar surface area (TPSA) is 67.8 Å². The summed E-state index contributed by atoms with van der Waals surface area (Å²) in [7, 11) is 0. The van der Waals surface area contributed by atoms with E-state index in [1.807, 2.05) is 13.8 Å². The molecule has 0 radical (unpaired) electrons. The molecule has 4 nitrogen and oxygen atoms in total. The van der Waals surface area contributed by atoms with Gasteiger partial charge in [-0.3, -0.25) is 0 Å². The highest BCUT2D eigenvalue weighted by Gasteiger charge is 2.22. The van der Waals surface area contributed by atoms with Crippen molar-refractivity contribution < 1.29 is 9.94 Å². The van der Waals surface area contributed by atoms with E-state index in [-0.39, 0.29) is 11.3 Å². The van der Waals surface area contributed by atoms with Crippen molar-refractivity contribution in [2.24, 2.45) is 16.3 Å². The molecule has 0 aliphatic heterocycles. The monoisotopic (exact) mass is 258 g/mol. The molecule has 108 valence electrons. The first-order valence-electron chi connectivity index (χ1n) is 7.10. The lowest BCUT2D eigenvalue weighted by Gasteiger charge is -2.22. The standard InChI is InChI=1S/C14H30N2O2/c1-4-5-6-7-8-9-11-18-12-10-14(2,3)13(15)16-17/h17H,4-12H2,1-3H3,(H2,15,16). The largest absolute Gasteiger partial charge is 0.409 e. The average Bonchev–Trinajstić information content (AvgIpc) is 2.35. The molecular weight excluding hydrogens is 228 g/mol. The van der Waals surface area contributed by atoms with Crippen LogP contribution in [-0.2, 0) is 4.74 Å². The Morgan fingerprint density at radius 1 is 1.11 bits per heavy atom. The number of rotatable bonds is 11. The molecule has 0 saturated carbocycles. The van der Waals surface area contributed by atoms with E-state index < -0.39 is 0 Å². The summed E-state index contributed by atoms with van der Waals surface area (Å²) < 4.78 is 5.58. The molecule has 0 rings (SSSR count). The summed E-state index contributed by atoms with van der Waals surface area (Å²) in [6, 6.07) is 0. The van der Waals surface area contributed by atoms with Gasteiger partial charge in [-0.2, -0.15) is 0 Å². The van der Waals surface area contributed by atoms with Gasteiger partial charge in [-0.15, -0.1) is 0 Å². The fraction of sp³-hybridized carbons (Fsp3) is 0.929. The van der Waals surface area contributed by atoms with Crippen LogP contribution in [-0.4, -0.2) is 24.3 Å². The number of hydrogen-bond acceptors (Lipinski definition) is 3. The number of nitrogens with zero attached hydrogens (tertiary/aromatic N) is 1. The molecule has 0 fully saturated rings. The van der Waals surface area contributed by atoms with Crippen molar-refractivity contribution >= 4 is 5.84 Å². The number of nitrogens with two attached hydrogens (primary N) is 1. The Bertz CT molecular complexity index is 228. The van der Waals surface area contributed by atoms with Gasteiger partial charge in [-0.05, 0) is 12.8 Å². The molecule has 0 aliphatic carbocycles. The van der Waals surface area contributed by atoms with Gasteiger partial charge in [0.1, 0.15) is 5.84 Å². The summed E-state index contributed by atoms with van der Waals surface area (Å²) in [5.41, 5.74) is 5.31. The van der Waals surface area contributed by atoms with Crippen LogP contribution < -0.4 is 5.73 Å². The Labute approximate surface area is 112 Å². The van der Waals surface area contributed by atoms with Crippen molar-refractivity contribution in [1.29, 1.82) is 0 Å². The SMILES string of the molecule is CCCCCCCCOCCC(C)(C)C(N)=NO. The fourth-order valence-electron chi connectivity index (χ4n) is 1.68. The third kappa shape index (κ3) is 8.34. The highest BCUT2D eigenvalue weighted by molar-refractivity contribution is 5.85. The Kier molecular flexibility index (Phi) is 9.74. The van der Waals surface area contributed by atoms with Gasteiger partial charge in [0.15, 0.2) is 0 Å². The number of ether oxygens (including phenoxy) is 1. The maximum Gasteiger partial charge on any atom is 0.144 e. The maximum absolute atomic E-state index is 8.64. The molecule has 0 aromatic heterocycles. The van der Waals surface area contributed by atoms with Gasteiger partial charge in [-0.1, -0.05) is 58.0 Å². The normalized spacial score (nSPS) is 12.9. The van der Waals surface area contributed by atoms with Crippen LogP contribution in [0.1, 0.15) is 65.7 Å². The lowest BCUT2D eigenvalue weighted by atomic mass is 9.88. The van der Waals surface area contributed by atoms with Crippen LogP contribution in [0.2, 0.25) is 0 Å². The Hall–Kier alpha value is -0.770. The van der Waals surface area contributed by atoms with Gasteiger partial charge in [0.25, 0.3) is 0 Å². The van der Waals surface area contributed by atoms with Gasteiger partial charge >= 0.3 is 0 Å². The van der Waals surface area contributed by atoms with E-state index in [9.17, 15) is 0 Å². The van der Waals surface area contributed by atoms with Crippen LogP contribution in [0.4, 0.5) is 0 Å². The van der Waals surface area contributed by atoms with E-state index in [4.69, 9.17) is 15.7 Å². The molecule has 0 spiro atoms.